The third kappa shape index (κ3) is 3.24. The first-order valence-corrected chi connectivity index (χ1v) is 7.55. The van der Waals surface area contributed by atoms with Crippen molar-refractivity contribution in [1.29, 1.82) is 0 Å². The van der Waals surface area contributed by atoms with Crippen molar-refractivity contribution in [2.75, 3.05) is 18.5 Å². The van der Waals surface area contributed by atoms with Crippen LogP contribution in [0.5, 0.6) is 11.5 Å². The number of ether oxygens (including phenoxy) is 2. The topological polar surface area (TPSA) is 30.5 Å². The highest BCUT2D eigenvalue weighted by atomic mass is 35.5. The highest BCUT2D eigenvalue weighted by Gasteiger charge is 2.17. The number of hydrogen-bond acceptors (Lipinski definition) is 3. The van der Waals surface area contributed by atoms with E-state index in [1.54, 1.807) is 0 Å². The minimum absolute atomic E-state index is 0.679. The molecule has 0 fully saturated rings. The fourth-order valence-electron chi connectivity index (χ4n) is 2.51. The molecule has 0 radical (unpaired) electrons. The Labute approximate surface area is 129 Å². The summed E-state index contributed by atoms with van der Waals surface area (Å²) in [6, 6.07) is 11.9. The standard InChI is InChI=1S/C17H18ClNO2/c1-2-20-16-5-3-15(4-6-16)19-11-13-10-14(18)9-12-7-8-21-17(12)13/h3-6,9-10,19H,2,7-8,11H2,1H3. The Morgan fingerprint density at radius 1 is 1.24 bits per heavy atom. The summed E-state index contributed by atoms with van der Waals surface area (Å²) >= 11 is 6.17. The van der Waals surface area contributed by atoms with Gasteiger partial charge in [0.15, 0.2) is 0 Å². The smallest absolute Gasteiger partial charge is 0.127 e. The molecule has 4 heteroatoms. The fraction of sp³-hybridized carbons (Fsp3) is 0.294. The van der Waals surface area contributed by atoms with Crippen molar-refractivity contribution in [3.05, 3.63) is 52.5 Å². The Bertz CT molecular complexity index is 625. The Morgan fingerprint density at radius 2 is 2.05 bits per heavy atom. The van der Waals surface area contributed by atoms with Gasteiger partial charge in [-0.3, -0.25) is 0 Å². The van der Waals surface area contributed by atoms with Crippen molar-refractivity contribution in [2.24, 2.45) is 0 Å². The molecule has 0 bridgehead atoms. The van der Waals surface area contributed by atoms with Crippen LogP contribution in [0.3, 0.4) is 0 Å². The van der Waals surface area contributed by atoms with Crippen molar-refractivity contribution in [3.63, 3.8) is 0 Å². The normalized spacial score (nSPS) is 12.7. The summed E-state index contributed by atoms with van der Waals surface area (Å²) in [5.74, 6) is 1.87. The van der Waals surface area contributed by atoms with E-state index in [1.807, 2.05) is 43.3 Å². The molecule has 21 heavy (non-hydrogen) atoms. The fourth-order valence-corrected chi connectivity index (χ4v) is 2.77. The van der Waals surface area contributed by atoms with Crippen LogP contribution in [0.4, 0.5) is 5.69 Å². The Kier molecular flexibility index (Phi) is 4.20. The van der Waals surface area contributed by atoms with E-state index in [0.717, 1.165) is 40.8 Å². The van der Waals surface area contributed by atoms with Crippen molar-refractivity contribution in [1.82, 2.24) is 0 Å². The molecule has 0 unspecified atom stereocenters. The van der Waals surface area contributed by atoms with Crippen LogP contribution in [0, 0.1) is 0 Å². The van der Waals surface area contributed by atoms with Gasteiger partial charge in [-0.2, -0.15) is 0 Å². The summed E-state index contributed by atoms with van der Waals surface area (Å²) in [4.78, 5) is 0. The number of halogens is 1. The Balaban J connectivity index is 1.70. The largest absolute Gasteiger partial charge is 0.494 e. The molecule has 3 rings (SSSR count). The summed E-state index contributed by atoms with van der Waals surface area (Å²) in [5.41, 5.74) is 3.35. The van der Waals surface area contributed by atoms with Crippen LogP contribution in [0.2, 0.25) is 5.02 Å². The molecular formula is C17H18ClNO2. The Morgan fingerprint density at radius 3 is 2.81 bits per heavy atom. The maximum Gasteiger partial charge on any atom is 0.127 e. The van der Waals surface area contributed by atoms with Crippen molar-refractivity contribution < 1.29 is 9.47 Å². The molecule has 3 nitrogen and oxygen atoms in total. The van der Waals surface area contributed by atoms with Crippen molar-refractivity contribution in [2.45, 2.75) is 19.9 Å². The van der Waals surface area contributed by atoms with E-state index >= 15 is 0 Å². The van der Waals surface area contributed by atoms with Crippen LogP contribution < -0.4 is 14.8 Å². The number of benzene rings is 2. The molecule has 0 spiro atoms. The molecule has 0 saturated heterocycles. The monoisotopic (exact) mass is 303 g/mol. The summed E-state index contributed by atoms with van der Waals surface area (Å²) in [7, 11) is 0. The zero-order valence-electron chi connectivity index (χ0n) is 12.0. The van der Waals surface area contributed by atoms with Crippen molar-refractivity contribution in [3.8, 4) is 11.5 Å². The van der Waals surface area contributed by atoms with Gasteiger partial charge in [0.05, 0.1) is 13.2 Å². The predicted molar refractivity (Wildman–Crippen MR) is 85.6 cm³/mol. The number of fused-ring (bicyclic) bond motifs is 1. The highest BCUT2D eigenvalue weighted by Crippen LogP contribution is 2.33. The molecule has 0 aliphatic carbocycles. The van der Waals surface area contributed by atoms with E-state index < -0.39 is 0 Å². The first kappa shape index (κ1) is 14.1. The van der Waals surface area contributed by atoms with Crippen LogP contribution in [0.1, 0.15) is 18.1 Å². The molecule has 1 N–H and O–H groups in total. The predicted octanol–water partition coefficient (Wildman–Crippen LogP) is 4.29. The van der Waals surface area contributed by atoms with Gasteiger partial charge in [-0.25, -0.2) is 0 Å². The summed E-state index contributed by atoms with van der Waals surface area (Å²) < 4.78 is 11.1. The van der Waals surface area contributed by atoms with E-state index in [9.17, 15) is 0 Å². The summed E-state index contributed by atoms with van der Waals surface area (Å²) in [6.45, 7) is 4.09. The van der Waals surface area contributed by atoms with Gasteiger partial charge in [-0.1, -0.05) is 11.6 Å². The van der Waals surface area contributed by atoms with E-state index in [2.05, 4.69) is 5.32 Å². The first-order valence-electron chi connectivity index (χ1n) is 7.17. The number of nitrogens with one attached hydrogen (secondary N) is 1. The quantitative estimate of drug-likeness (QED) is 0.894. The lowest BCUT2D eigenvalue weighted by atomic mass is 10.1. The van der Waals surface area contributed by atoms with Gasteiger partial charge in [0.25, 0.3) is 0 Å². The summed E-state index contributed by atoms with van der Waals surface area (Å²) in [6.07, 6.45) is 0.936. The van der Waals surface area contributed by atoms with Gasteiger partial charge in [0.1, 0.15) is 11.5 Å². The minimum Gasteiger partial charge on any atom is -0.494 e. The van der Waals surface area contributed by atoms with Crippen molar-refractivity contribution >= 4 is 17.3 Å². The highest BCUT2D eigenvalue weighted by molar-refractivity contribution is 6.30. The average Bonchev–Trinajstić information content (AvgIpc) is 2.94. The molecule has 0 amide bonds. The van der Waals surface area contributed by atoms with E-state index in [-0.39, 0.29) is 0 Å². The molecule has 2 aromatic rings. The van der Waals surface area contributed by atoms with Gasteiger partial charge in [0.2, 0.25) is 0 Å². The summed E-state index contributed by atoms with van der Waals surface area (Å²) in [5, 5.41) is 4.16. The van der Waals surface area contributed by atoms with Crippen LogP contribution in [-0.2, 0) is 13.0 Å². The van der Waals surface area contributed by atoms with E-state index in [0.29, 0.717) is 13.2 Å². The molecule has 2 aromatic carbocycles. The molecule has 0 saturated carbocycles. The van der Waals surface area contributed by atoms with Crippen LogP contribution >= 0.6 is 11.6 Å². The second-order valence-corrected chi connectivity index (χ2v) is 5.40. The zero-order chi connectivity index (χ0) is 14.7. The third-order valence-corrected chi connectivity index (χ3v) is 3.69. The minimum atomic E-state index is 0.679. The molecule has 0 atom stereocenters. The van der Waals surface area contributed by atoms with E-state index in [4.69, 9.17) is 21.1 Å². The first-order chi connectivity index (χ1) is 10.3. The number of rotatable bonds is 5. The Hall–Kier alpha value is -1.87. The second-order valence-electron chi connectivity index (χ2n) is 4.96. The molecule has 1 heterocycles. The average molecular weight is 304 g/mol. The van der Waals surface area contributed by atoms with Crippen LogP contribution in [0.25, 0.3) is 0 Å². The lowest BCUT2D eigenvalue weighted by Crippen LogP contribution is -2.02. The van der Waals surface area contributed by atoms with Crippen LogP contribution in [0.15, 0.2) is 36.4 Å². The lowest BCUT2D eigenvalue weighted by Gasteiger charge is -2.11. The third-order valence-electron chi connectivity index (χ3n) is 3.47. The zero-order valence-corrected chi connectivity index (χ0v) is 12.7. The maximum atomic E-state index is 6.17. The number of hydrogen-bond donors (Lipinski definition) is 1. The SMILES string of the molecule is CCOc1ccc(NCc2cc(Cl)cc3c2OCC3)cc1. The molecule has 1 aliphatic rings. The lowest BCUT2D eigenvalue weighted by molar-refractivity contribution is 0.340. The van der Waals surface area contributed by atoms with Crippen LogP contribution in [-0.4, -0.2) is 13.2 Å². The van der Waals surface area contributed by atoms with Gasteiger partial charge in [-0.15, -0.1) is 0 Å². The van der Waals surface area contributed by atoms with E-state index in [1.165, 1.54) is 5.56 Å². The molecule has 1 aliphatic heterocycles. The van der Waals surface area contributed by atoms with Gasteiger partial charge in [0, 0.05) is 29.2 Å². The van der Waals surface area contributed by atoms with Gasteiger partial charge < -0.3 is 14.8 Å². The number of anilines is 1. The maximum absolute atomic E-state index is 6.17. The molecule has 0 aromatic heterocycles. The van der Waals surface area contributed by atoms with Gasteiger partial charge >= 0.3 is 0 Å². The molecular weight excluding hydrogens is 286 g/mol. The molecule has 110 valence electrons. The van der Waals surface area contributed by atoms with Gasteiger partial charge in [-0.05, 0) is 48.9 Å². The second kappa shape index (κ2) is 6.27.